The van der Waals surface area contributed by atoms with E-state index in [1.165, 1.54) is 44.3 Å². The van der Waals surface area contributed by atoms with Crippen LogP contribution in [-0.4, -0.2) is 13.4 Å². The van der Waals surface area contributed by atoms with E-state index in [4.69, 9.17) is 14.2 Å². The van der Waals surface area contributed by atoms with Gasteiger partial charge in [0.05, 0.1) is 0 Å². The van der Waals surface area contributed by atoms with E-state index in [2.05, 4.69) is 170 Å². The molecule has 0 unspecified atom stereocenters. The maximum atomic E-state index is 6.80. The maximum Gasteiger partial charge on any atom is 0.260 e. The van der Waals surface area contributed by atoms with Crippen LogP contribution < -0.4 is 47.0 Å². The summed E-state index contributed by atoms with van der Waals surface area (Å²) in [5.74, 6) is 5.19. The molecule has 3 nitrogen and oxygen atoms in total. The summed E-state index contributed by atoms with van der Waals surface area (Å²) in [4.78, 5) is 0. The fraction of sp³-hybridized carbons (Fsp3) is 0. The number of para-hydroxylation sites is 3. The third kappa shape index (κ3) is 4.08. The van der Waals surface area contributed by atoms with E-state index < -0.39 is 0 Å². The van der Waals surface area contributed by atoms with Crippen molar-refractivity contribution in [3.63, 3.8) is 0 Å². The Labute approximate surface area is 308 Å². The van der Waals surface area contributed by atoms with Crippen LogP contribution in [0.3, 0.4) is 0 Å². The van der Waals surface area contributed by atoms with Gasteiger partial charge in [-0.1, -0.05) is 139 Å². The molecule has 0 bridgehead atoms. The van der Waals surface area contributed by atoms with Crippen LogP contribution in [0, 0.1) is 0 Å². The molecule has 0 N–H and O–H groups in total. The van der Waals surface area contributed by atoms with Gasteiger partial charge in [-0.05, 0) is 103 Å². The van der Waals surface area contributed by atoms with Gasteiger partial charge in [0.1, 0.15) is 34.5 Å². The number of rotatable bonds is 1. The zero-order chi connectivity index (χ0) is 34.6. The first-order valence-corrected chi connectivity index (χ1v) is 18.2. The molecule has 244 valence electrons. The summed E-state index contributed by atoms with van der Waals surface area (Å²) >= 11 is 0. The quantitative estimate of drug-likeness (QED) is 0.165. The van der Waals surface area contributed by atoms with E-state index in [1.54, 1.807) is 0 Å². The number of hydrogen-bond donors (Lipinski definition) is 0. The SMILES string of the molecule is c1ccc2c(c1)Oc1cc(-c3cccc4c3B3c5ccccc5Oc5cccc(c53)-c3ccccc3-c3ccccc3-4)cc3c1B2c1ccccc1O3. The Balaban J connectivity index is 1.19. The van der Waals surface area contributed by atoms with Crippen LogP contribution in [-0.2, 0) is 0 Å². The number of ether oxygens (including phenoxy) is 3. The topological polar surface area (TPSA) is 27.7 Å². The summed E-state index contributed by atoms with van der Waals surface area (Å²) in [5.41, 5.74) is 16.3. The van der Waals surface area contributed by atoms with Crippen LogP contribution in [0.4, 0.5) is 0 Å². The first-order valence-electron chi connectivity index (χ1n) is 18.2. The van der Waals surface area contributed by atoms with E-state index >= 15 is 0 Å². The van der Waals surface area contributed by atoms with Crippen LogP contribution >= 0.6 is 0 Å². The molecule has 53 heavy (non-hydrogen) atoms. The van der Waals surface area contributed by atoms with Crippen molar-refractivity contribution in [3.05, 3.63) is 170 Å². The average molecular weight is 674 g/mol. The molecule has 0 aliphatic carbocycles. The fourth-order valence-corrected chi connectivity index (χ4v) is 9.37. The van der Waals surface area contributed by atoms with Crippen molar-refractivity contribution in [3.8, 4) is 79.0 Å². The first-order chi connectivity index (χ1) is 26.3. The van der Waals surface area contributed by atoms with Crippen molar-refractivity contribution in [2.75, 3.05) is 0 Å². The van der Waals surface area contributed by atoms with Gasteiger partial charge < -0.3 is 14.2 Å². The van der Waals surface area contributed by atoms with Crippen molar-refractivity contribution in [2.24, 2.45) is 0 Å². The van der Waals surface area contributed by atoms with Crippen LogP contribution in [0.1, 0.15) is 0 Å². The molecule has 0 fully saturated rings. The Bertz CT molecular complexity index is 2790. The van der Waals surface area contributed by atoms with Crippen LogP contribution in [0.15, 0.2) is 170 Å². The third-order valence-electron chi connectivity index (χ3n) is 11.5. The van der Waals surface area contributed by atoms with Crippen molar-refractivity contribution < 1.29 is 14.2 Å². The average Bonchev–Trinajstić information content (AvgIpc) is 3.26. The largest absolute Gasteiger partial charge is 0.458 e. The van der Waals surface area contributed by atoms with Gasteiger partial charge in [0.25, 0.3) is 13.4 Å². The van der Waals surface area contributed by atoms with Crippen molar-refractivity contribution in [1.29, 1.82) is 0 Å². The lowest BCUT2D eigenvalue weighted by Gasteiger charge is -2.34. The highest BCUT2D eigenvalue weighted by Crippen LogP contribution is 2.43. The molecular weight excluding hydrogens is 646 g/mol. The lowest BCUT2D eigenvalue weighted by atomic mass is 9.33. The molecule has 0 saturated heterocycles. The molecule has 4 heterocycles. The number of fused-ring (bicyclic) bond motifs is 13. The molecule has 12 rings (SSSR count). The van der Waals surface area contributed by atoms with Gasteiger partial charge in [-0.25, -0.2) is 0 Å². The van der Waals surface area contributed by atoms with Gasteiger partial charge in [0.2, 0.25) is 0 Å². The zero-order valence-electron chi connectivity index (χ0n) is 28.5. The van der Waals surface area contributed by atoms with Crippen LogP contribution in [0.5, 0.6) is 34.5 Å². The summed E-state index contributed by atoms with van der Waals surface area (Å²) in [6.45, 7) is -0.106. The molecular formula is C48H28B2O3. The Morgan fingerprint density at radius 3 is 1.21 bits per heavy atom. The second-order valence-corrected chi connectivity index (χ2v) is 14.2. The Hall–Kier alpha value is -6.71. The summed E-state index contributed by atoms with van der Waals surface area (Å²) in [6.07, 6.45) is 0. The van der Waals surface area contributed by atoms with E-state index in [9.17, 15) is 0 Å². The summed E-state index contributed by atoms with van der Waals surface area (Å²) in [7, 11) is 0. The van der Waals surface area contributed by atoms with Gasteiger partial charge >= 0.3 is 0 Å². The van der Waals surface area contributed by atoms with Gasteiger partial charge in [-0.2, -0.15) is 0 Å². The number of hydrogen-bond acceptors (Lipinski definition) is 3. The molecule has 8 aromatic rings. The van der Waals surface area contributed by atoms with Crippen molar-refractivity contribution in [1.82, 2.24) is 0 Å². The number of benzene rings is 8. The monoisotopic (exact) mass is 674 g/mol. The Morgan fingerprint density at radius 1 is 0.264 bits per heavy atom. The van der Waals surface area contributed by atoms with Crippen LogP contribution in [0.2, 0.25) is 0 Å². The Kier molecular flexibility index (Phi) is 5.95. The third-order valence-corrected chi connectivity index (χ3v) is 11.5. The standard InChI is InChI=1S/C48H28B2O3/c1-3-15-33-31(13-1)32-14-2-4-16-34(32)36-19-12-26-43-47(36)50(39-22-7-10-25-42(39)51-43)46-30(17-11-18-35(33)46)29-27-44-48-45(28-29)53-41-24-9-6-21-38(41)49(48)37-20-5-8-23-40(37)52-44/h1-28H. The maximum absolute atomic E-state index is 6.80. The van der Waals surface area contributed by atoms with E-state index in [-0.39, 0.29) is 13.4 Å². The zero-order valence-corrected chi connectivity index (χ0v) is 28.5. The molecule has 4 aliphatic rings. The predicted octanol–water partition coefficient (Wildman–Crippen LogP) is 8.02. The minimum Gasteiger partial charge on any atom is -0.458 e. The summed E-state index contributed by atoms with van der Waals surface area (Å²) in [6, 6.07) is 60.7. The molecule has 0 aromatic heterocycles. The van der Waals surface area contributed by atoms with E-state index in [0.29, 0.717) is 0 Å². The van der Waals surface area contributed by atoms with E-state index in [0.717, 1.165) is 67.5 Å². The molecule has 5 heteroatoms. The lowest BCUT2D eigenvalue weighted by Crippen LogP contribution is -2.57. The second kappa shape index (κ2) is 10.9. The molecule has 0 radical (unpaired) electrons. The highest BCUT2D eigenvalue weighted by Gasteiger charge is 2.42. The second-order valence-electron chi connectivity index (χ2n) is 14.2. The molecule has 4 aliphatic heterocycles. The molecule has 0 amide bonds. The first kappa shape index (κ1) is 28.9. The minimum atomic E-state index is -0.125. The van der Waals surface area contributed by atoms with E-state index in [1.807, 2.05) is 0 Å². The lowest BCUT2D eigenvalue weighted by molar-refractivity contribution is 0.465. The van der Waals surface area contributed by atoms with Gasteiger partial charge in [-0.3, -0.25) is 0 Å². The van der Waals surface area contributed by atoms with Crippen LogP contribution in [0.25, 0.3) is 44.5 Å². The highest BCUT2D eigenvalue weighted by molar-refractivity contribution is 6.99. The van der Waals surface area contributed by atoms with Gasteiger partial charge in [-0.15, -0.1) is 0 Å². The van der Waals surface area contributed by atoms with Crippen molar-refractivity contribution >= 4 is 46.2 Å². The van der Waals surface area contributed by atoms with Gasteiger partial charge in [0.15, 0.2) is 0 Å². The molecule has 0 saturated carbocycles. The molecule has 8 aromatic carbocycles. The minimum absolute atomic E-state index is 0.0195. The molecule has 0 atom stereocenters. The normalized spacial score (nSPS) is 13.3. The molecule has 0 spiro atoms. The highest BCUT2D eigenvalue weighted by atomic mass is 16.5. The Morgan fingerprint density at radius 2 is 0.642 bits per heavy atom. The van der Waals surface area contributed by atoms with Crippen molar-refractivity contribution in [2.45, 2.75) is 0 Å². The smallest absolute Gasteiger partial charge is 0.260 e. The fourth-order valence-electron chi connectivity index (χ4n) is 9.37. The van der Waals surface area contributed by atoms with Gasteiger partial charge in [0, 0.05) is 5.46 Å². The summed E-state index contributed by atoms with van der Waals surface area (Å²) in [5, 5.41) is 0. The predicted molar refractivity (Wildman–Crippen MR) is 217 cm³/mol. The summed E-state index contributed by atoms with van der Waals surface area (Å²) < 4.78 is 20.4.